The van der Waals surface area contributed by atoms with Gasteiger partial charge in [-0.25, -0.2) is 0 Å². The Kier molecular flexibility index (Phi) is 7.30. The molecule has 0 radical (unpaired) electrons. The van der Waals surface area contributed by atoms with Crippen molar-refractivity contribution < 1.29 is 4.74 Å². The van der Waals surface area contributed by atoms with Gasteiger partial charge < -0.3 is 4.74 Å². The third-order valence-electron chi connectivity index (χ3n) is 3.95. The molecule has 0 saturated heterocycles. The molecule has 0 N–H and O–H groups in total. The number of hydrogen-bond acceptors (Lipinski definition) is 4. The van der Waals surface area contributed by atoms with E-state index in [1.54, 1.807) is 17.8 Å². The Balaban J connectivity index is 1.70. The molecule has 0 bridgehead atoms. The molecule has 28 heavy (non-hydrogen) atoms. The number of rotatable bonds is 8. The van der Waals surface area contributed by atoms with Crippen molar-refractivity contribution in [3.8, 4) is 5.75 Å². The zero-order chi connectivity index (χ0) is 20.1. The Morgan fingerprint density at radius 3 is 2.57 bits per heavy atom. The first-order valence-corrected chi connectivity index (χ1v) is 10.6. The van der Waals surface area contributed by atoms with E-state index in [0.717, 1.165) is 27.9 Å². The van der Waals surface area contributed by atoms with Crippen LogP contribution in [0.4, 0.5) is 0 Å². The van der Waals surface area contributed by atoms with Crippen LogP contribution in [0, 0.1) is 6.92 Å². The maximum Gasteiger partial charge on any atom is 0.191 e. The fraction of sp³-hybridized carbons (Fsp3) is 0.200. The van der Waals surface area contributed by atoms with Crippen LogP contribution in [0.1, 0.15) is 17.0 Å². The van der Waals surface area contributed by atoms with Gasteiger partial charge in [0.15, 0.2) is 11.0 Å². The quantitative estimate of drug-likeness (QED) is 0.284. The van der Waals surface area contributed by atoms with Crippen molar-refractivity contribution in [1.29, 1.82) is 0 Å². The number of aromatic nitrogens is 3. The Hall–Kier alpha value is -1.66. The first-order chi connectivity index (χ1) is 13.5. The Bertz CT molecular complexity index is 918. The highest BCUT2D eigenvalue weighted by molar-refractivity contribution is 7.98. The van der Waals surface area contributed by atoms with Gasteiger partial charge in [-0.3, -0.25) is 4.57 Å². The molecule has 0 saturated carbocycles. The number of hydrogen-bond donors (Lipinski definition) is 0. The van der Waals surface area contributed by atoms with Gasteiger partial charge in [-0.05, 0) is 48.4 Å². The van der Waals surface area contributed by atoms with Crippen LogP contribution in [0.3, 0.4) is 0 Å². The van der Waals surface area contributed by atoms with Crippen molar-refractivity contribution in [2.75, 3.05) is 0 Å². The zero-order valence-corrected chi connectivity index (χ0v) is 18.2. The van der Waals surface area contributed by atoms with E-state index in [1.165, 1.54) is 0 Å². The highest BCUT2D eigenvalue weighted by Crippen LogP contribution is 2.28. The number of aryl methyl sites for hydroxylation is 1. The summed E-state index contributed by atoms with van der Waals surface area (Å²) in [6, 6.07) is 11.2. The Morgan fingerprint density at radius 2 is 1.86 bits per heavy atom. The molecule has 0 unspecified atom stereocenters. The van der Waals surface area contributed by atoms with Crippen molar-refractivity contribution in [2.45, 2.75) is 31.0 Å². The summed E-state index contributed by atoms with van der Waals surface area (Å²) in [6.07, 6.45) is 1.81. The monoisotopic (exact) mass is 453 g/mol. The molecular formula is C20H18Cl3N3OS. The van der Waals surface area contributed by atoms with E-state index >= 15 is 0 Å². The molecule has 3 rings (SSSR count). The lowest BCUT2D eigenvalue weighted by atomic mass is 10.2. The second-order valence-electron chi connectivity index (χ2n) is 6.03. The average molecular weight is 455 g/mol. The highest BCUT2D eigenvalue weighted by Gasteiger charge is 2.13. The summed E-state index contributed by atoms with van der Waals surface area (Å²) in [6.45, 7) is 6.65. The van der Waals surface area contributed by atoms with Crippen LogP contribution in [0.15, 0.2) is 54.2 Å². The second kappa shape index (κ2) is 9.70. The van der Waals surface area contributed by atoms with Crippen LogP contribution in [0.25, 0.3) is 0 Å². The lowest BCUT2D eigenvalue weighted by molar-refractivity contribution is 0.289. The lowest BCUT2D eigenvalue weighted by Gasteiger charge is -2.10. The molecule has 0 spiro atoms. The van der Waals surface area contributed by atoms with E-state index in [2.05, 4.69) is 16.8 Å². The normalized spacial score (nSPS) is 10.9. The number of thioether (sulfide) groups is 1. The van der Waals surface area contributed by atoms with E-state index in [0.29, 0.717) is 34.0 Å². The predicted octanol–water partition coefficient (Wildman–Crippen LogP) is 6.60. The minimum Gasteiger partial charge on any atom is -0.486 e. The largest absolute Gasteiger partial charge is 0.486 e. The third kappa shape index (κ3) is 5.23. The average Bonchev–Trinajstić information content (AvgIpc) is 3.06. The molecule has 0 aliphatic carbocycles. The Labute approximate surface area is 183 Å². The van der Waals surface area contributed by atoms with Gasteiger partial charge in [-0.1, -0.05) is 58.7 Å². The van der Waals surface area contributed by atoms with Crippen LogP contribution in [0.2, 0.25) is 15.1 Å². The second-order valence-corrected chi connectivity index (χ2v) is 8.20. The van der Waals surface area contributed by atoms with Gasteiger partial charge >= 0.3 is 0 Å². The van der Waals surface area contributed by atoms with Crippen molar-refractivity contribution in [2.24, 2.45) is 0 Å². The van der Waals surface area contributed by atoms with Gasteiger partial charge in [0, 0.05) is 17.3 Å². The summed E-state index contributed by atoms with van der Waals surface area (Å²) in [4.78, 5) is 0. The van der Waals surface area contributed by atoms with E-state index < -0.39 is 0 Å². The number of allylic oxidation sites excluding steroid dienone is 1. The molecule has 146 valence electrons. The SMILES string of the molecule is C=CCn1c(COc2ccc(Cl)c(C)c2)nnc1SCc1ccc(Cl)c(Cl)c1. The van der Waals surface area contributed by atoms with Crippen molar-refractivity contribution in [3.05, 3.63) is 81.1 Å². The van der Waals surface area contributed by atoms with Gasteiger partial charge in [-0.15, -0.1) is 16.8 Å². The molecule has 8 heteroatoms. The lowest BCUT2D eigenvalue weighted by Crippen LogP contribution is -2.07. The maximum absolute atomic E-state index is 6.09. The summed E-state index contributed by atoms with van der Waals surface area (Å²) < 4.78 is 7.85. The van der Waals surface area contributed by atoms with Crippen molar-refractivity contribution in [1.82, 2.24) is 14.8 Å². The third-order valence-corrected chi connectivity index (χ3v) is 6.16. The summed E-state index contributed by atoms with van der Waals surface area (Å²) in [5, 5.41) is 11.2. The summed E-state index contributed by atoms with van der Waals surface area (Å²) in [5.74, 6) is 2.16. The number of benzene rings is 2. The minimum absolute atomic E-state index is 0.301. The number of halogens is 3. The van der Waals surface area contributed by atoms with Crippen LogP contribution < -0.4 is 4.74 Å². The fourth-order valence-electron chi connectivity index (χ4n) is 2.48. The molecule has 0 atom stereocenters. The van der Waals surface area contributed by atoms with E-state index in [1.807, 2.05) is 47.9 Å². The van der Waals surface area contributed by atoms with Crippen molar-refractivity contribution >= 4 is 46.6 Å². The topological polar surface area (TPSA) is 39.9 Å². The van der Waals surface area contributed by atoms with E-state index in [4.69, 9.17) is 39.5 Å². The van der Waals surface area contributed by atoms with Gasteiger partial charge in [0.05, 0.1) is 10.0 Å². The van der Waals surface area contributed by atoms with Crippen LogP contribution in [-0.2, 0) is 18.9 Å². The molecule has 0 aliphatic rings. The minimum atomic E-state index is 0.301. The molecule has 0 amide bonds. The summed E-state index contributed by atoms with van der Waals surface area (Å²) >= 11 is 19.7. The Morgan fingerprint density at radius 1 is 1.07 bits per heavy atom. The molecule has 4 nitrogen and oxygen atoms in total. The smallest absolute Gasteiger partial charge is 0.191 e. The summed E-state index contributed by atoms with van der Waals surface area (Å²) in [5.41, 5.74) is 2.02. The fourth-order valence-corrected chi connectivity index (χ4v) is 3.83. The first-order valence-electron chi connectivity index (χ1n) is 8.46. The number of nitrogens with zero attached hydrogens (tertiary/aromatic N) is 3. The zero-order valence-electron chi connectivity index (χ0n) is 15.2. The van der Waals surface area contributed by atoms with Gasteiger partial charge in [0.1, 0.15) is 12.4 Å². The molecular weight excluding hydrogens is 437 g/mol. The van der Waals surface area contributed by atoms with Crippen LogP contribution in [-0.4, -0.2) is 14.8 Å². The van der Waals surface area contributed by atoms with Crippen molar-refractivity contribution in [3.63, 3.8) is 0 Å². The summed E-state index contributed by atoms with van der Waals surface area (Å²) in [7, 11) is 0. The molecule has 2 aromatic carbocycles. The molecule has 1 aromatic heterocycles. The number of ether oxygens (including phenoxy) is 1. The highest BCUT2D eigenvalue weighted by atomic mass is 35.5. The molecule has 0 fully saturated rings. The van der Waals surface area contributed by atoms with Crippen LogP contribution >= 0.6 is 46.6 Å². The van der Waals surface area contributed by atoms with Gasteiger partial charge in [0.25, 0.3) is 0 Å². The van der Waals surface area contributed by atoms with Gasteiger partial charge in [-0.2, -0.15) is 0 Å². The maximum atomic E-state index is 6.09. The first kappa shape index (κ1) is 21.1. The molecule has 0 aliphatic heterocycles. The molecule has 3 aromatic rings. The molecule has 1 heterocycles. The van der Waals surface area contributed by atoms with E-state index in [-0.39, 0.29) is 0 Å². The van der Waals surface area contributed by atoms with E-state index in [9.17, 15) is 0 Å². The van der Waals surface area contributed by atoms with Gasteiger partial charge in [0.2, 0.25) is 0 Å². The standard InChI is InChI=1S/C20H18Cl3N3OS/c1-3-8-26-19(11-27-15-5-7-16(21)13(2)9-15)24-25-20(26)28-12-14-4-6-17(22)18(23)10-14/h3-7,9-10H,1,8,11-12H2,2H3. The predicted molar refractivity (Wildman–Crippen MR) is 117 cm³/mol. The van der Waals surface area contributed by atoms with Crippen LogP contribution in [0.5, 0.6) is 5.75 Å².